The SMILES string of the molecule is NCC1CCN(S(=O)(=O)NC2CCS(=O)(=O)CC2)CC1. The molecule has 9 heteroatoms. The van der Waals surface area contributed by atoms with Crippen molar-refractivity contribution >= 4 is 20.0 Å². The molecule has 20 heavy (non-hydrogen) atoms. The van der Waals surface area contributed by atoms with Gasteiger partial charge < -0.3 is 5.73 Å². The van der Waals surface area contributed by atoms with Crippen molar-refractivity contribution < 1.29 is 16.8 Å². The van der Waals surface area contributed by atoms with Crippen molar-refractivity contribution in [3.8, 4) is 0 Å². The Morgan fingerprint density at radius 1 is 1.10 bits per heavy atom. The van der Waals surface area contributed by atoms with Gasteiger partial charge in [0, 0.05) is 19.1 Å². The highest BCUT2D eigenvalue weighted by Gasteiger charge is 2.31. The Labute approximate surface area is 121 Å². The lowest BCUT2D eigenvalue weighted by Crippen LogP contribution is -2.50. The van der Waals surface area contributed by atoms with Crippen molar-refractivity contribution in [2.75, 3.05) is 31.1 Å². The Balaban J connectivity index is 1.89. The number of sulfone groups is 1. The Bertz CT molecular complexity index is 510. The fourth-order valence-corrected chi connectivity index (χ4v) is 5.67. The summed E-state index contributed by atoms with van der Waals surface area (Å²) in [6.45, 7) is 1.58. The number of rotatable bonds is 4. The first-order valence-electron chi connectivity index (χ1n) is 7.00. The summed E-state index contributed by atoms with van der Waals surface area (Å²) >= 11 is 0. The van der Waals surface area contributed by atoms with E-state index in [9.17, 15) is 16.8 Å². The van der Waals surface area contributed by atoms with Crippen molar-refractivity contribution in [2.45, 2.75) is 31.7 Å². The highest BCUT2D eigenvalue weighted by atomic mass is 32.2. The highest BCUT2D eigenvalue weighted by molar-refractivity contribution is 7.91. The molecule has 0 bridgehead atoms. The van der Waals surface area contributed by atoms with E-state index in [0.29, 0.717) is 38.4 Å². The lowest BCUT2D eigenvalue weighted by atomic mass is 9.99. The van der Waals surface area contributed by atoms with Crippen molar-refractivity contribution in [3.05, 3.63) is 0 Å². The van der Waals surface area contributed by atoms with Gasteiger partial charge in [-0.2, -0.15) is 17.4 Å². The van der Waals surface area contributed by atoms with Crippen LogP contribution in [-0.4, -0.2) is 58.3 Å². The Morgan fingerprint density at radius 3 is 2.15 bits per heavy atom. The van der Waals surface area contributed by atoms with Gasteiger partial charge in [-0.15, -0.1) is 0 Å². The van der Waals surface area contributed by atoms with Crippen molar-refractivity contribution in [3.63, 3.8) is 0 Å². The van der Waals surface area contributed by atoms with E-state index in [0.717, 1.165) is 12.8 Å². The summed E-state index contributed by atoms with van der Waals surface area (Å²) in [5.74, 6) is 0.534. The predicted octanol–water partition coefficient (Wildman–Crippen LogP) is -0.931. The zero-order valence-electron chi connectivity index (χ0n) is 11.5. The molecule has 0 aliphatic carbocycles. The largest absolute Gasteiger partial charge is 0.330 e. The summed E-state index contributed by atoms with van der Waals surface area (Å²) < 4.78 is 51.2. The number of piperidine rings is 1. The van der Waals surface area contributed by atoms with Crippen molar-refractivity contribution in [1.29, 1.82) is 0 Å². The maximum atomic E-state index is 12.2. The second kappa shape index (κ2) is 6.27. The second-order valence-electron chi connectivity index (χ2n) is 5.63. The molecule has 0 aromatic rings. The van der Waals surface area contributed by atoms with Gasteiger partial charge in [-0.25, -0.2) is 8.42 Å². The highest BCUT2D eigenvalue weighted by Crippen LogP contribution is 2.19. The topological polar surface area (TPSA) is 110 Å². The Morgan fingerprint density at radius 2 is 1.65 bits per heavy atom. The van der Waals surface area contributed by atoms with Gasteiger partial charge in [0.15, 0.2) is 0 Å². The lowest BCUT2D eigenvalue weighted by Gasteiger charge is -2.32. The van der Waals surface area contributed by atoms with Gasteiger partial charge in [0.2, 0.25) is 0 Å². The molecule has 0 spiro atoms. The van der Waals surface area contributed by atoms with E-state index in [1.165, 1.54) is 4.31 Å². The van der Waals surface area contributed by atoms with Gasteiger partial charge in [-0.05, 0) is 38.1 Å². The number of nitrogens with zero attached hydrogens (tertiary/aromatic N) is 1. The van der Waals surface area contributed by atoms with Gasteiger partial charge in [0.05, 0.1) is 11.5 Å². The third-order valence-corrected chi connectivity index (χ3v) is 7.51. The first-order chi connectivity index (χ1) is 9.32. The molecule has 0 atom stereocenters. The Hall–Kier alpha value is -0.220. The van der Waals surface area contributed by atoms with E-state index in [2.05, 4.69) is 4.72 Å². The zero-order chi connectivity index (χ0) is 14.8. The molecule has 2 fully saturated rings. The third-order valence-electron chi connectivity index (χ3n) is 4.12. The molecular formula is C11H23N3O4S2. The summed E-state index contributed by atoms with van der Waals surface area (Å²) in [5, 5.41) is 0. The van der Waals surface area contributed by atoms with Crippen LogP contribution in [0.5, 0.6) is 0 Å². The molecule has 3 N–H and O–H groups in total. The maximum Gasteiger partial charge on any atom is 0.279 e. The molecule has 0 saturated carbocycles. The fraction of sp³-hybridized carbons (Fsp3) is 1.00. The van der Waals surface area contributed by atoms with Crippen LogP contribution >= 0.6 is 0 Å². The van der Waals surface area contributed by atoms with E-state index < -0.39 is 20.0 Å². The smallest absolute Gasteiger partial charge is 0.279 e. The van der Waals surface area contributed by atoms with Crippen LogP contribution in [0.4, 0.5) is 0 Å². The van der Waals surface area contributed by atoms with Crippen LogP contribution in [0.25, 0.3) is 0 Å². The molecule has 0 aromatic carbocycles. The van der Waals surface area contributed by atoms with Crippen molar-refractivity contribution in [1.82, 2.24) is 9.03 Å². The number of nitrogens with two attached hydrogens (primary N) is 1. The molecular weight excluding hydrogens is 302 g/mol. The molecule has 7 nitrogen and oxygen atoms in total. The molecule has 0 unspecified atom stereocenters. The van der Waals surface area contributed by atoms with Crippen molar-refractivity contribution in [2.24, 2.45) is 11.7 Å². The normalized spacial score (nSPS) is 26.6. The van der Waals surface area contributed by atoms with E-state index in [-0.39, 0.29) is 17.5 Å². The van der Waals surface area contributed by atoms with Gasteiger partial charge in [0.1, 0.15) is 9.84 Å². The molecule has 2 saturated heterocycles. The van der Waals surface area contributed by atoms with Crippen LogP contribution in [-0.2, 0) is 20.0 Å². The van der Waals surface area contributed by atoms with Crippen LogP contribution in [0, 0.1) is 5.92 Å². The summed E-state index contributed by atoms with van der Waals surface area (Å²) in [4.78, 5) is 0. The molecule has 0 aromatic heterocycles. The second-order valence-corrected chi connectivity index (χ2v) is 9.63. The summed E-state index contributed by atoms with van der Waals surface area (Å²) in [7, 11) is -6.47. The molecule has 2 aliphatic rings. The molecule has 2 heterocycles. The van der Waals surface area contributed by atoms with E-state index in [4.69, 9.17) is 5.73 Å². The van der Waals surface area contributed by atoms with E-state index >= 15 is 0 Å². The fourth-order valence-electron chi connectivity index (χ4n) is 2.68. The monoisotopic (exact) mass is 325 g/mol. The third kappa shape index (κ3) is 4.14. The quantitative estimate of drug-likeness (QED) is 0.694. The number of hydrogen-bond donors (Lipinski definition) is 2. The summed E-state index contributed by atoms with van der Waals surface area (Å²) in [5.41, 5.74) is 5.59. The predicted molar refractivity (Wildman–Crippen MR) is 77.1 cm³/mol. The van der Waals surface area contributed by atoms with Gasteiger partial charge in [-0.3, -0.25) is 0 Å². The number of hydrogen-bond acceptors (Lipinski definition) is 5. The summed E-state index contributed by atoms with van der Waals surface area (Å²) in [6, 6.07) is -0.268. The molecule has 2 aliphatic heterocycles. The van der Waals surface area contributed by atoms with E-state index in [1.54, 1.807) is 0 Å². The minimum absolute atomic E-state index is 0.0649. The van der Waals surface area contributed by atoms with Crippen LogP contribution in [0.15, 0.2) is 0 Å². The lowest BCUT2D eigenvalue weighted by molar-refractivity contribution is 0.274. The minimum Gasteiger partial charge on any atom is -0.330 e. The molecule has 0 radical (unpaired) electrons. The Kier molecular flexibility index (Phi) is 5.06. The van der Waals surface area contributed by atoms with Gasteiger partial charge in [0.25, 0.3) is 10.2 Å². The molecule has 2 rings (SSSR count). The number of nitrogens with one attached hydrogen (secondary N) is 1. The first kappa shape index (κ1) is 16.2. The van der Waals surface area contributed by atoms with Gasteiger partial charge >= 0.3 is 0 Å². The zero-order valence-corrected chi connectivity index (χ0v) is 13.1. The average molecular weight is 325 g/mol. The van der Waals surface area contributed by atoms with Crippen LogP contribution in [0.1, 0.15) is 25.7 Å². The minimum atomic E-state index is -3.50. The van der Waals surface area contributed by atoms with Gasteiger partial charge in [-0.1, -0.05) is 0 Å². The molecule has 0 amide bonds. The summed E-state index contributed by atoms with van der Waals surface area (Å²) in [6.07, 6.45) is 2.30. The van der Waals surface area contributed by atoms with Crippen LogP contribution in [0.3, 0.4) is 0 Å². The standard InChI is InChI=1S/C11H23N3O4S2/c12-9-10-1-5-14(6-2-10)20(17,18)13-11-3-7-19(15,16)8-4-11/h10-11,13H,1-9,12H2. The van der Waals surface area contributed by atoms with E-state index in [1.807, 2.05) is 0 Å². The average Bonchev–Trinajstić information content (AvgIpc) is 2.41. The van der Waals surface area contributed by atoms with Crippen LogP contribution < -0.4 is 10.5 Å². The maximum absolute atomic E-state index is 12.2. The molecule has 118 valence electrons. The first-order valence-corrected chi connectivity index (χ1v) is 10.3. The van der Waals surface area contributed by atoms with Crippen LogP contribution in [0.2, 0.25) is 0 Å².